The van der Waals surface area contributed by atoms with Crippen LogP contribution in [0.3, 0.4) is 0 Å². The van der Waals surface area contributed by atoms with Gasteiger partial charge in [0.2, 0.25) is 0 Å². The van der Waals surface area contributed by atoms with Crippen LogP contribution in [0.15, 0.2) is 30.6 Å². The second-order valence-electron chi connectivity index (χ2n) is 4.23. The number of hydrogen-bond acceptors (Lipinski definition) is 6. The first-order chi connectivity index (χ1) is 10.6. The van der Waals surface area contributed by atoms with E-state index < -0.39 is 5.91 Å². The second-order valence-corrected chi connectivity index (χ2v) is 4.64. The number of nitrogens with zero attached hydrogens (tertiary/aromatic N) is 2. The van der Waals surface area contributed by atoms with Crippen molar-refractivity contribution in [2.75, 3.05) is 25.6 Å². The van der Waals surface area contributed by atoms with Gasteiger partial charge in [-0.2, -0.15) is 0 Å². The lowest BCUT2D eigenvalue weighted by Gasteiger charge is -2.11. The van der Waals surface area contributed by atoms with Crippen LogP contribution in [0.5, 0.6) is 5.75 Å². The normalized spacial score (nSPS) is 10.3. The summed E-state index contributed by atoms with van der Waals surface area (Å²) in [4.78, 5) is 19.2. The van der Waals surface area contributed by atoms with Crippen molar-refractivity contribution in [3.63, 3.8) is 0 Å². The average molecular weight is 323 g/mol. The Balaban J connectivity index is 2.14. The summed E-state index contributed by atoms with van der Waals surface area (Å²) in [7, 11) is 1.59. The summed E-state index contributed by atoms with van der Waals surface area (Å²) >= 11 is 6.14. The highest BCUT2D eigenvalue weighted by molar-refractivity contribution is 6.32. The molecule has 2 rings (SSSR count). The Hall–Kier alpha value is -2.38. The number of ether oxygens (including phenoxy) is 2. The smallest absolute Gasteiger partial charge is 0.271 e. The lowest BCUT2D eigenvalue weighted by atomic mass is 10.3. The lowest BCUT2D eigenvalue weighted by Crippen LogP contribution is -2.16. The van der Waals surface area contributed by atoms with Crippen LogP contribution in [0.4, 0.5) is 11.5 Å². The van der Waals surface area contributed by atoms with Gasteiger partial charge < -0.3 is 20.5 Å². The number of carbonyl (C=O) groups excluding carboxylic acids is 1. The highest BCUT2D eigenvalue weighted by Crippen LogP contribution is 2.29. The molecule has 1 aromatic carbocycles. The van der Waals surface area contributed by atoms with E-state index in [0.29, 0.717) is 29.7 Å². The maximum atomic E-state index is 11.3. The van der Waals surface area contributed by atoms with Gasteiger partial charge in [-0.1, -0.05) is 11.6 Å². The second kappa shape index (κ2) is 7.58. The number of aromatic nitrogens is 2. The molecule has 7 nitrogen and oxygen atoms in total. The quantitative estimate of drug-likeness (QED) is 0.756. The monoisotopic (exact) mass is 322 g/mol. The Labute approximate surface area is 132 Å². The van der Waals surface area contributed by atoms with Gasteiger partial charge >= 0.3 is 0 Å². The number of carbonyl (C=O) groups is 1. The zero-order chi connectivity index (χ0) is 15.9. The van der Waals surface area contributed by atoms with E-state index in [1.54, 1.807) is 25.3 Å². The van der Waals surface area contributed by atoms with E-state index in [2.05, 4.69) is 15.3 Å². The largest absolute Gasteiger partial charge is 0.490 e. The summed E-state index contributed by atoms with van der Waals surface area (Å²) in [5.41, 5.74) is 5.94. The minimum absolute atomic E-state index is 0.0547. The van der Waals surface area contributed by atoms with Crippen molar-refractivity contribution in [3.8, 4) is 5.75 Å². The van der Waals surface area contributed by atoms with E-state index in [1.807, 2.05) is 0 Å². The highest BCUT2D eigenvalue weighted by Gasteiger charge is 2.11. The molecule has 0 aliphatic rings. The molecule has 1 amide bonds. The topological polar surface area (TPSA) is 99.4 Å². The van der Waals surface area contributed by atoms with Gasteiger partial charge in [-0.15, -0.1) is 0 Å². The number of nitrogens with two attached hydrogens (primary N) is 1. The number of halogens is 1. The zero-order valence-electron chi connectivity index (χ0n) is 11.9. The molecule has 8 heteroatoms. The third kappa shape index (κ3) is 4.06. The fourth-order valence-electron chi connectivity index (χ4n) is 1.68. The summed E-state index contributed by atoms with van der Waals surface area (Å²) in [5.74, 6) is 0.138. The van der Waals surface area contributed by atoms with Crippen molar-refractivity contribution in [1.29, 1.82) is 0 Å². The third-order valence-electron chi connectivity index (χ3n) is 2.67. The molecule has 0 unspecified atom stereocenters. The molecular formula is C14H15ClN4O3. The molecule has 22 heavy (non-hydrogen) atoms. The molecule has 0 saturated heterocycles. The summed E-state index contributed by atoms with van der Waals surface area (Å²) in [6, 6.07) is 5.11. The predicted octanol–water partition coefficient (Wildman–Crippen LogP) is 2.00. The first kappa shape index (κ1) is 16.0. The van der Waals surface area contributed by atoms with Crippen LogP contribution >= 0.6 is 11.6 Å². The first-order valence-electron chi connectivity index (χ1n) is 6.41. The third-order valence-corrected chi connectivity index (χ3v) is 2.97. The van der Waals surface area contributed by atoms with Gasteiger partial charge in [-0.3, -0.25) is 4.79 Å². The molecule has 2 aromatic rings. The van der Waals surface area contributed by atoms with E-state index in [4.69, 9.17) is 26.8 Å². The number of methoxy groups -OCH3 is 1. The SMILES string of the molecule is COCCOc1ccc(Nc2nccnc2C(N)=O)cc1Cl. The Kier molecular flexibility index (Phi) is 5.51. The molecule has 116 valence electrons. The van der Waals surface area contributed by atoms with E-state index in [-0.39, 0.29) is 11.5 Å². The minimum Gasteiger partial charge on any atom is -0.490 e. The number of primary amides is 1. The molecule has 1 aromatic heterocycles. The van der Waals surface area contributed by atoms with Crippen molar-refractivity contribution >= 4 is 29.0 Å². The fourth-order valence-corrected chi connectivity index (χ4v) is 1.91. The highest BCUT2D eigenvalue weighted by atomic mass is 35.5. The summed E-state index contributed by atoms with van der Waals surface area (Å²) in [6.45, 7) is 0.872. The Morgan fingerprint density at radius 1 is 1.32 bits per heavy atom. The summed E-state index contributed by atoms with van der Waals surface area (Å²) < 4.78 is 10.4. The number of benzene rings is 1. The van der Waals surface area contributed by atoms with E-state index in [9.17, 15) is 4.79 Å². The molecular weight excluding hydrogens is 308 g/mol. The van der Waals surface area contributed by atoms with Gasteiger partial charge in [0, 0.05) is 25.2 Å². The van der Waals surface area contributed by atoms with Gasteiger partial charge in [0.25, 0.3) is 5.91 Å². The van der Waals surface area contributed by atoms with Gasteiger partial charge in [0.15, 0.2) is 11.5 Å². The van der Waals surface area contributed by atoms with Gasteiger partial charge in [0.1, 0.15) is 12.4 Å². The molecule has 0 atom stereocenters. The lowest BCUT2D eigenvalue weighted by molar-refractivity contribution is 0.0996. The maximum Gasteiger partial charge on any atom is 0.271 e. The molecule has 0 aliphatic heterocycles. The number of hydrogen-bond donors (Lipinski definition) is 2. The summed E-state index contributed by atoms with van der Waals surface area (Å²) in [5, 5.41) is 3.37. The van der Waals surface area contributed by atoms with Crippen molar-refractivity contribution in [2.45, 2.75) is 0 Å². The van der Waals surface area contributed by atoms with Crippen LogP contribution in [0, 0.1) is 0 Å². The van der Waals surface area contributed by atoms with Crippen LogP contribution in [0.1, 0.15) is 10.5 Å². The molecule has 0 aliphatic carbocycles. The van der Waals surface area contributed by atoms with Gasteiger partial charge in [-0.25, -0.2) is 9.97 Å². The zero-order valence-corrected chi connectivity index (χ0v) is 12.6. The van der Waals surface area contributed by atoms with Crippen LogP contribution in [-0.2, 0) is 4.74 Å². The molecule has 0 radical (unpaired) electrons. The van der Waals surface area contributed by atoms with Crippen LogP contribution in [0.2, 0.25) is 5.02 Å². The molecule has 0 bridgehead atoms. The molecule has 3 N–H and O–H groups in total. The number of nitrogens with one attached hydrogen (secondary N) is 1. The Morgan fingerprint density at radius 3 is 2.77 bits per heavy atom. The van der Waals surface area contributed by atoms with Crippen LogP contribution < -0.4 is 15.8 Å². The van der Waals surface area contributed by atoms with Crippen LogP contribution in [0.25, 0.3) is 0 Å². The predicted molar refractivity (Wildman–Crippen MR) is 82.7 cm³/mol. The number of amides is 1. The Bertz CT molecular complexity index is 666. The van der Waals surface area contributed by atoms with Gasteiger partial charge in [-0.05, 0) is 18.2 Å². The molecule has 0 spiro atoms. The van der Waals surface area contributed by atoms with Crippen molar-refractivity contribution in [3.05, 3.63) is 41.3 Å². The molecule has 1 heterocycles. The van der Waals surface area contributed by atoms with Crippen molar-refractivity contribution < 1.29 is 14.3 Å². The molecule has 0 saturated carbocycles. The minimum atomic E-state index is -0.666. The molecule has 0 fully saturated rings. The fraction of sp³-hybridized carbons (Fsp3) is 0.214. The van der Waals surface area contributed by atoms with E-state index in [0.717, 1.165) is 0 Å². The van der Waals surface area contributed by atoms with E-state index in [1.165, 1.54) is 12.4 Å². The van der Waals surface area contributed by atoms with Crippen molar-refractivity contribution in [1.82, 2.24) is 9.97 Å². The number of anilines is 2. The average Bonchev–Trinajstić information content (AvgIpc) is 2.50. The van der Waals surface area contributed by atoms with Crippen LogP contribution in [-0.4, -0.2) is 36.2 Å². The first-order valence-corrected chi connectivity index (χ1v) is 6.78. The van der Waals surface area contributed by atoms with Crippen molar-refractivity contribution in [2.24, 2.45) is 5.73 Å². The van der Waals surface area contributed by atoms with E-state index >= 15 is 0 Å². The number of rotatable bonds is 7. The maximum absolute atomic E-state index is 11.3. The standard InChI is InChI=1S/C14H15ClN4O3/c1-21-6-7-22-11-3-2-9(8-10(11)15)19-14-12(13(16)20)17-4-5-18-14/h2-5,8H,6-7H2,1H3,(H2,16,20)(H,18,19). The van der Waals surface area contributed by atoms with Gasteiger partial charge in [0.05, 0.1) is 11.6 Å². The summed E-state index contributed by atoms with van der Waals surface area (Å²) in [6.07, 6.45) is 2.85. The Morgan fingerprint density at radius 2 is 2.09 bits per heavy atom.